The second kappa shape index (κ2) is 7.76. The number of anilines is 1. The number of carbonyl (C=O) groups excluding carboxylic acids is 2. The van der Waals surface area contributed by atoms with Crippen molar-refractivity contribution in [3.8, 4) is 5.75 Å². The molecular formula is C21H17FN6O4. The van der Waals surface area contributed by atoms with Gasteiger partial charge in [0.25, 0.3) is 11.8 Å². The Morgan fingerprint density at radius 2 is 2.16 bits per heavy atom. The third-order valence-corrected chi connectivity index (χ3v) is 5.18. The lowest BCUT2D eigenvalue weighted by molar-refractivity contribution is -0.120. The first-order valence-corrected chi connectivity index (χ1v) is 9.73. The summed E-state index contributed by atoms with van der Waals surface area (Å²) in [6, 6.07) is 8.64. The van der Waals surface area contributed by atoms with E-state index in [0.29, 0.717) is 33.9 Å². The van der Waals surface area contributed by atoms with Crippen LogP contribution in [-0.4, -0.2) is 51.7 Å². The summed E-state index contributed by atoms with van der Waals surface area (Å²) in [5, 5.41) is 10.3. The minimum atomic E-state index is -0.959. The lowest BCUT2D eigenvalue weighted by Gasteiger charge is -2.19. The lowest BCUT2D eigenvalue weighted by atomic mass is 10.1. The zero-order valence-corrected chi connectivity index (χ0v) is 16.8. The van der Waals surface area contributed by atoms with E-state index < -0.39 is 11.9 Å². The molecule has 1 aliphatic heterocycles. The van der Waals surface area contributed by atoms with E-state index in [0.717, 1.165) is 0 Å². The van der Waals surface area contributed by atoms with E-state index in [1.165, 1.54) is 17.4 Å². The number of aromatic amines is 1. The van der Waals surface area contributed by atoms with Crippen LogP contribution in [0.4, 0.5) is 10.1 Å². The Kier molecular flexibility index (Phi) is 4.77. The second-order valence-corrected chi connectivity index (χ2v) is 7.26. The predicted octanol–water partition coefficient (Wildman–Crippen LogP) is 1.83. The fourth-order valence-corrected chi connectivity index (χ4v) is 3.48. The van der Waals surface area contributed by atoms with Crippen molar-refractivity contribution in [2.24, 2.45) is 0 Å². The smallest absolute Gasteiger partial charge is 0.289 e. The monoisotopic (exact) mass is 436 g/mol. The van der Waals surface area contributed by atoms with Gasteiger partial charge in [0.05, 0.1) is 5.69 Å². The summed E-state index contributed by atoms with van der Waals surface area (Å²) in [5.74, 6) is -0.701. The quantitative estimate of drug-likeness (QED) is 0.500. The average molecular weight is 436 g/mol. The highest BCUT2D eigenvalue weighted by Gasteiger charge is 2.32. The molecule has 1 atom stereocenters. The topological polar surface area (TPSA) is 126 Å². The summed E-state index contributed by atoms with van der Waals surface area (Å²) in [7, 11) is 1.59. The number of aromatic nitrogens is 4. The molecule has 4 aromatic rings. The molecule has 32 heavy (non-hydrogen) atoms. The standard InChI is InChI=1S/C21H17FN6O4/c1-28-15-7-13-16(32-10-23-13)8-17(15)31-9-14(21(28)30)24-20(29)19-25-18(26-27-19)6-11-4-2-3-5-12(11)22/h2-5,7-8,10,14H,6,9H2,1H3,(H,24,29)(H,25,26,27)/t14-/m0/s1. The largest absolute Gasteiger partial charge is 0.489 e. The molecule has 162 valence electrons. The van der Waals surface area contributed by atoms with Gasteiger partial charge in [-0.05, 0) is 17.7 Å². The number of oxazole rings is 1. The Bertz CT molecular complexity index is 1330. The van der Waals surface area contributed by atoms with Gasteiger partial charge < -0.3 is 24.4 Å². The molecule has 0 fully saturated rings. The van der Waals surface area contributed by atoms with Crippen molar-refractivity contribution in [2.75, 3.05) is 18.6 Å². The van der Waals surface area contributed by atoms with E-state index in [4.69, 9.17) is 9.15 Å². The molecule has 3 heterocycles. The maximum absolute atomic E-state index is 13.8. The van der Waals surface area contributed by atoms with Crippen molar-refractivity contribution >= 4 is 28.6 Å². The number of halogens is 1. The minimum Gasteiger partial charge on any atom is -0.489 e. The van der Waals surface area contributed by atoms with Crippen LogP contribution in [0.15, 0.2) is 47.2 Å². The number of H-pyrrole nitrogens is 1. The third-order valence-electron chi connectivity index (χ3n) is 5.18. The first-order chi connectivity index (χ1) is 15.5. The van der Waals surface area contributed by atoms with Crippen LogP contribution >= 0.6 is 0 Å². The SMILES string of the molecule is CN1C(=O)[C@@H](NC(=O)c2nnc(Cc3ccccc3F)[nH]2)COc2cc3ocnc3cc21. The predicted molar refractivity (Wildman–Crippen MR) is 110 cm³/mol. The molecule has 0 saturated carbocycles. The van der Waals surface area contributed by atoms with E-state index in [9.17, 15) is 14.0 Å². The van der Waals surface area contributed by atoms with Gasteiger partial charge in [0.15, 0.2) is 12.0 Å². The summed E-state index contributed by atoms with van der Waals surface area (Å²) in [5.41, 5.74) is 2.04. The van der Waals surface area contributed by atoms with Crippen molar-refractivity contribution in [3.63, 3.8) is 0 Å². The van der Waals surface area contributed by atoms with Gasteiger partial charge in [0.2, 0.25) is 5.82 Å². The number of hydrogen-bond donors (Lipinski definition) is 2. The second-order valence-electron chi connectivity index (χ2n) is 7.26. The van der Waals surface area contributed by atoms with Crippen molar-refractivity contribution in [3.05, 3.63) is 65.8 Å². The number of rotatable bonds is 4. The summed E-state index contributed by atoms with van der Waals surface area (Å²) < 4.78 is 24.9. The molecule has 11 heteroatoms. The first kappa shape index (κ1) is 19.7. The number of ether oxygens (including phenoxy) is 1. The van der Waals surface area contributed by atoms with Crippen molar-refractivity contribution in [1.82, 2.24) is 25.5 Å². The molecule has 0 bridgehead atoms. The van der Waals surface area contributed by atoms with E-state index in [-0.39, 0.29) is 30.6 Å². The van der Waals surface area contributed by atoms with E-state index >= 15 is 0 Å². The summed E-state index contributed by atoms with van der Waals surface area (Å²) in [6.07, 6.45) is 1.46. The summed E-state index contributed by atoms with van der Waals surface area (Å²) >= 11 is 0. The molecule has 2 N–H and O–H groups in total. The van der Waals surface area contributed by atoms with Gasteiger partial charge in [0.1, 0.15) is 35.6 Å². The molecule has 0 radical (unpaired) electrons. The van der Waals surface area contributed by atoms with Crippen LogP contribution in [0.25, 0.3) is 11.1 Å². The van der Waals surface area contributed by atoms with Gasteiger partial charge in [-0.15, -0.1) is 10.2 Å². The molecule has 2 aromatic heterocycles. The number of likely N-dealkylation sites (N-methyl/N-ethyl adjacent to an activating group) is 1. The fourth-order valence-electron chi connectivity index (χ4n) is 3.48. The molecule has 10 nitrogen and oxygen atoms in total. The first-order valence-electron chi connectivity index (χ1n) is 9.73. The molecule has 0 saturated heterocycles. The molecule has 0 spiro atoms. The molecule has 5 rings (SSSR count). The normalized spacial score (nSPS) is 15.9. The van der Waals surface area contributed by atoms with Crippen LogP contribution < -0.4 is 15.0 Å². The molecule has 2 amide bonds. The van der Waals surface area contributed by atoms with Gasteiger partial charge in [0, 0.05) is 19.5 Å². The number of amides is 2. The molecule has 0 aliphatic carbocycles. The van der Waals surface area contributed by atoms with Crippen molar-refractivity contribution in [1.29, 1.82) is 0 Å². The molecule has 1 aliphatic rings. The van der Waals surface area contributed by atoms with Gasteiger partial charge >= 0.3 is 0 Å². The Labute approximate surface area is 180 Å². The van der Waals surface area contributed by atoms with Gasteiger partial charge in [-0.3, -0.25) is 9.59 Å². The Morgan fingerprint density at radius 3 is 3.00 bits per heavy atom. The van der Waals surface area contributed by atoms with Crippen LogP contribution in [0.1, 0.15) is 22.0 Å². The van der Waals surface area contributed by atoms with E-state index in [2.05, 4.69) is 25.5 Å². The Morgan fingerprint density at radius 1 is 1.31 bits per heavy atom. The Hall–Kier alpha value is -4.28. The summed E-state index contributed by atoms with van der Waals surface area (Å²) in [6.45, 7) is -0.0855. The number of nitrogens with one attached hydrogen (secondary N) is 2. The maximum atomic E-state index is 13.8. The van der Waals surface area contributed by atoms with Crippen LogP contribution in [-0.2, 0) is 11.2 Å². The number of fused-ring (bicyclic) bond motifs is 2. The van der Waals surface area contributed by atoms with Crippen molar-refractivity contribution in [2.45, 2.75) is 12.5 Å². The zero-order valence-electron chi connectivity index (χ0n) is 16.8. The highest BCUT2D eigenvalue weighted by molar-refractivity contribution is 6.03. The molecule has 0 unspecified atom stereocenters. The van der Waals surface area contributed by atoms with Crippen LogP contribution in [0, 0.1) is 5.82 Å². The number of nitrogens with zero attached hydrogens (tertiary/aromatic N) is 4. The zero-order chi connectivity index (χ0) is 22.2. The fraction of sp³-hybridized carbons (Fsp3) is 0.190. The number of benzene rings is 2. The lowest BCUT2D eigenvalue weighted by Crippen LogP contribution is -2.49. The molecular weight excluding hydrogens is 419 g/mol. The van der Waals surface area contributed by atoms with Crippen LogP contribution in [0.3, 0.4) is 0 Å². The van der Waals surface area contributed by atoms with Gasteiger partial charge in [-0.25, -0.2) is 9.37 Å². The third kappa shape index (κ3) is 3.53. The Balaban J connectivity index is 1.31. The van der Waals surface area contributed by atoms with Crippen molar-refractivity contribution < 1.29 is 23.1 Å². The van der Waals surface area contributed by atoms with Crippen LogP contribution in [0.5, 0.6) is 5.75 Å². The van der Waals surface area contributed by atoms with E-state index in [1.807, 2.05) is 0 Å². The minimum absolute atomic E-state index is 0.0855. The maximum Gasteiger partial charge on any atom is 0.289 e. The number of carbonyl (C=O) groups is 2. The van der Waals surface area contributed by atoms with Gasteiger partial charge in [-0.2, -0.15) is 0 Å². The number of hydrogen-bond acceptors (Lipinski definition) is 7. The van der Waals surface area contributed by atoms with Crippen LogP contribution in [0.2, 0.25) is 0 Å². The highest BCUT2D eigenvalue weighted by atomic mass is 19.1. The average Bonchev–Trinajstić information content (AvgIpc) is 3.43. The van der Waals surface area contributed by atoms with E-state index in [1.54, 1.807) is 37.4 Å². The van der Waals surface area contributed by atoms with Gasteiger partial charge in [-0.1, -0.05) is 18.2 Å². The highest BCUT2D eigenvalue weighted by Crippen LogP contribution is 2.34. The molecule has 2 aromatic carbocycles. The summed E-state index contributed by atoms with van der Waals surface area (Å²) in [4.78, 5) is 33.8.